The van der Waals surface area contributed by atoms with Crippen molar-refractivity contribution in [1.82, 2.24) is 5.32 Å². The molecule has 0 aromatic heterocycles. The van der Waals surface area contributed by atoms with Crippen molar-refractivity contribution in [3.63, 3.8) is 0 Å². The Kier molecular flexibility index (Phi) is 3.86. The lowest BCUT2D eigenvalue weighted by Gasteiger charge is -2.28. The van der Waals surface area contributed by atoms with Crippen LogP contribution in [0.5, 0.6) is 5.75 Å². The van der Waals surface area contributed by atoms with Crippen LogP contribution in [0, 0.1) is 5.92 Å². The number of methoxy groups -OCH3 is 1. The summed E-state index contributed by atoms with van der Waals surface area (Å²) in [7, 11) is 1.59. The van der Waals surface area contributed by atoms with Crippen molar-refractivity contribution in [2.45, 2.75) is 18.9 Å². The Balaban J connectivity index is 2.20. The minimum Gasteiger partial charge on any atom is -0.495 e. The van der Waals surface area contributed by atoms with Gasteiger partial charge in [-0.1, -0.05) is 12.1 Å². The maximum absolute atomic E-state index is 10.4. The highest BCUT2D eigenvalue weighted by molar-refractivity contribution is 5.59. The summed E-state index contributed by atoms with van der Waals surface area (Å²) in [5.74, 6) is 0.864. The minimum atomic E-state index is -0.516. The molecular formula is C13H20N2O2. The molecule has 2 rings (SSSR count). The number of rotatable bonds is 3. The smallest absolute Gasteiger partial charge is 0.142 e. The van der Waals surface area contributed by atoms with Crippen molar-refractivity contribution in [3.05, 3.63) is 23.8 Å². The van der Waals surface area contributed by atoms with E-state index in [0.29, 0.717) is 11.4 Å². The fourth-order valence-corrected chi connectivity index (χ4v) is 2.40. The van der Waals surface area contributed by atoms with Crippen LogP contribution in [-0.4, -0.2) is 25.3 Å². The molecule has 0 aliphatic carbocycles. The van der Waals surface area contributed by atoms with E-state index in [1.165, 1.54) is 0 Å². The van der Waals surface area contributed by atoms with E-state index in [4.69, 9.17) is 10.5 Å². The number of ether oxygens (including phenoxy) is 1. The third-order valence-corrected chi connectivity index (χ3v) is 3.42. The van der Waals surface area contributed by atoms with E-state index < -0.39 is 6.10 Å². The van der Waals surface area contributed by atoms with Gasteiger partial charge in [0.2, 0.25) is 0 Å². The first-order valence-electron chi connectivity index (χ1n) is 6.05. The van der Waals surface area contributed by atoms with Gasteiger partial charge in [-0.15, -0.1) is 0 Å². The Labute approximate surface area is 102 Å². The van der Waals surface area contributed by atoms with Crippen LogP contribution in [0.25, 0.3) is 0 Å². The van der Waals surface area contributed by atoms with Gasteiger partial charge in [0.25, 0.3) is 0 Å². The fourth-order valence-electron chi connectivity index (χ4n) is 2.40. The number of aliphatic hydroxyl groups excluding tert-OH is 1. The summed E-state index contributed by atoms with van der Waals surface area (Å²) in [6, 6.07) is 5.55. The van der Waals surface area contributed by atoms with E-state index in [1.807, 2.05) is 18.2 Å². The van der Waals surface area contributed by atoms with Crippen LogP contribution in [0.4, 0.5) is 5.69 Å². The molecule has 0 radical (unpaired) electrons. The maximum Gasteiger partial charge on any atom is 0.142 e. The summed E-state index contributed by atoms with van der Waals surface area (Å²) in [5.41, 5.74) is 7.32. The predicted molar refractivity (Wildman–Crippen MR) is 68.0 cm³/mol. The number of hydrogen-bond donors (Lipinski definition) is 3. The van der Waals surface area contributed by atoms with E-state index in [1.54, 1.807) is 7.11 Å². The van der Waals surface area contributed by atoms with Gasteiger partial charge < -0.3 is 20.9 Å². The van der Waals surface area contributed by atoms with Gasteiger partial charge >= 0.3 is 0 Å². The van der Waals surface area contributed by atoms with Crippen molar-refractivity contribution in [2.24, 2.45) is 5.92 Å². The number of hydrogen-bond acceptors (Lipinski definition) is 4. The highest BCUT2D eigenvalue weighted by Gasteiger charge is 2.25. The third-order valence-electron chi connectivity index (χ3n) is 3.42. The molecule has 1 aromatic rings. The van der Waals surface area contributed by atoms with Crippen LogP contribution >= 0.6 is 0 Å². The zero-order chi connectivity index (χ0) is 12.3. The van der Waals surface area contributed by atoms with Crippen molar-refractivity contribution in [1.29, 1.82) is 0 Å². The molecule has 1 aliphatic rings. The topological polar surface area (TPSA) is 67.5 Å². The van der Waals surface area contributed by atoms with E-state index >= 15 is 0 Å². The molecule has 4 N–H and O–H groups in total. The second-order valence-corrected chi connectivity index (χ2v) is 4.51. The number of nitrogens with two attached hydrogens (primary N) is 1. The van der Waals surface area contributed by atoms with Crippen LogP contribution in [0.3, 0.4) is 0 Å². The average Bonchev–Trinajstić information content (AvgIpc) is 2.39. The number of piperidine rings is 1. The van der Waals surface area contributed by atoms with Crippen LogP contribution in [-0.2, 0) is 0 Å². The van der Waals surface area contributed by atoms with Gasteiger partial charge in [-0.25, -0.2) is 0 Å². The van der Waals surface area contributed by atoms with Crippen molar-refractivity contribution in [3.8, 4) is 5.75 Å². The zero-order valence-corrected chi connectivity index (χ0v) is 10.1. The Morgan fingerprint density at radius 1 is 1.53 bits per heavy atom. The summed E-state index contributed by atoms with van der Waals surface area (Å²) in [6.45, 7) is 1.88. The van der Waals surface area contributed by atoms with E-state index in [2.05, 4.69) is 5.32 Å². The number of nitrogen functional groups attached to an aromatic ring is 1. The Hall–Kier alpha value is -1.26. The first-order valence-corrected chi connectivity index (χ1v) is 6.05. The molecule has 0 amide bonds. The van der Waals surface area contributed by atoms with Gasteiger partial charge in [-0.2, -0.15) is 0 Å². The van der Waals surface area contributed by atoms with E-state index in [-0.39, 0.29) is 5.92 Å². The van der Waals surface area contributed by atoms with Crippen LogP contribution in [0.2, 0.25) is 0 Å². The van der Waals surface area contributed by atoms with Crippen LogP contribution in [0.1, 0.15) is 24.5 Å². The lowest BCUT2D eigenvalue weighted by molar-refractivity contribution is 0.0926. The molecule has 1 fully saturated rings. The van der Waals surface area contributed by atoms with Crippen molar-refractivity contribution < 1.29 is 9.84 Å². The predicted octanol–water partition coefficient (Wildman–Crippen LogP) is 1.31. The molecule has 1 heterocycles. The second-order valence-electron chi connectivity index (χ2n) is 4.51. The second kappa shape index (κ2) is 5.38. The highest BCUT2D eigenvalue weighted by Crippen LogP contribution is 2.34. The Morgan fingerprint density at radius 3 is 3.00 bits per heavy atom. The van der Waals surface area contributed by atoms with Gasteiger partial charge in [0.1, 0.15) is 5.75 Å². The molecule has 94 valence electrons. The van der Waals surface area contributed by atoms with Crippen molar-refractivity contribution >= 4 is 5.69 Å². The van der Waals surface area contributed by atoms with Gasteiger partial charge in [0.05, 0.1) is 18.9 Å². The molecular weight excluding hydrogens is 216 g/mol. The average molecular weight is 236 g/mol. The highest BCUT2D eigenvalue weighted by atomic mass is 16.5. The SMILES string of the molecule is COc1cccc(C(O)C2CCCNC2)c1N. The molecule has 1 aromatic carbocycles. The molecule has 0 saturated carbocycles. The zero-order valence-electron chi connectivity index (χ0n) is 10.1. The van der Waals surface area contributed by atoms with Crippen LogP contribution in [0.15, 0.2) is 18.2 Å². The molecule has 2 atom stereocenters. The fraction of sp³-hybridized carbons (Fsp3) is 0.538. The molecule has 17 heavy (non-hydrogen) atoms. The summed E-state index contributed by atoms with van der Waals surface area (Å²) in [6.07, 6.45) is 1.62. The molecule has 4 heteroatoms. The van der Waals surface area contributed by atoms with E-state index in [0.717, 1.165) is 31.5 Å². The molecule has 1 saturated heterocycles. The van der Waals surface area contributed by atoms with Gasteiger partial charge in [-0.05, 0) is 25.5 Å². The lowest BCUT2D eigenvalue weighted by Crippen LogP contribution is -2.33. The number of benzene rings is 1. The Morgan fingerprint density at radius 2 is 2.35 bits per heavy atom. The molecule has 0 bridgehead atoms. The number of nitrogens with one attached hydrogen (secondary N) is 1. The van der Waals surface area contributed by atoms with Gasteiger partial charge in [0, 0.05) is 18.0 Å². The molecule has 4 nitrogen and oxygen atoms in total. The number of anilines is 1. The monoisotopic (exact) mass is 236 g/mol. The largest absolute Gasteiger partial charge is 0.495 e. The van der Waals surface area contributed by atoms with Crippen molar-refractivity contribution in [2.75, 3.05) is 25.9 Å². The third kappa shape index (κ3) is 2.53. The number of para-hydroxylation sites is 1. The first kappa shape index (κ1) is 12.2. The summed E-state index contributed by atoms with van der Waals surface area (Å²) in [4.78, 5) is 0. The van der Waals surface area contributed by atoms with Gasteiger partial charge in [0.15, 0.2) is 0 Å². The van der Waals surface area contributed by atoms with E-state index in [9.17, 15) is 5.11 Å². The minimum absolute atomic E-state index is 0.234. The molecule has 1 aliphatic heterocycles. The molecule has 2 unspecified atom stereocenters. The van der Waals surface area contributed by atoms with Crippen LogP contribution < -0.4 is 15.8 Å². The maximum atomic E-state index is 10.4. The lowest BCUT2D eigenvalue weighted by atomic mass is 9.88. The first-order chi connectivity index (χ1) is 8.24. The molecule has 0 spiro atoms. The summed E-state index contributed by atoms with van der Waals surface area (Å²) >= 11 is 0. The normalized spacial score (nSPS) is 22.1. The summed E-state index contributed by atoms with van der Waals surface area (Å²) < 4.78 is 5.17. The quantitative estimate of drug-likeness (QED) is 0.692. The standard InChI is InChI=1S/C13H20N2O2/c1-17-11-6-2-5-10(12(11)14)13(16)9-4-3-7-15-8-9/h2,5-6,9,13,15-16H,3-4,7-8,14H2,1H3. The summed E-state index contributed by atoms with van der Waals surface area (Å²) in [5, 5.41) is 13.7. The number of aliphatic hydroxyl groups is 1. The van der Waals surface area contributed by atoms with Gasteiger partial charge in [-0.3, -0.25) is 0 Å². The Bertz CT molecular complexity index is 376.